The number of rotatable bonds is 5. The topological polar surface area (TPSA) is 66.5 Å². The van der Waals surface area contributed by atoms with Crippen LogP contribution < -0.4 is 9.62 Å². The van der Waals surface area contributed by atoms with Gasteiger partial charge in [-0.2, -0.15) is 11.3 Å². The maximum Gasteiger partial charge on any atom is 0.240 e. The Kier molecular flexibility index (Phi) is 4.76. The Hall–Kier alpha value is -1.70. The molecule has 1 N–H and O–H groups in total. The predicted octanol–water partition coefficient (Wildman–Crippen LogP) is 2.21. The van der Waals surface area contributed by atoms with Gasteiger partial charge < -0.3 is 4.90 Å². The van der Waals surface area contributed by atoms with Gasteiger partial charge in [-0.15, -0.1) is 0 Å². The van der Waals surface area contributed by atoms with Crippen LogP contribution in [0.3, 0.4) is 0 Å². The Balaban J connectivity index is 2.11. The van der Waals surface area contributed by atoms with Crippen molar-refractivity contribution >= 4 is 33.0 Å². The number of carbonyl (C=O) groups is 1. The molecule has 0 atom stereocenters. The average molecular weight is 324 g/mol. The molecule has 0 aliphatic carbocycles. The Labute approximate surface area is 128 Å². The van der Waals surface area contributed by atoms with E-state index in [0.29, 0.717) is 5.69 Å². The van der Waals surface area contributed by atoms with Gasteiger partial charge in [0, 0.05) is 26.2 Å². The second-order valence-corrected chi connectivity index (χ2v) is 7.08. The summed E-state index contributed by atoms with van der Waals surface area (Å²) in [5.41, 5.74) is 1.58. The minimum absolute atomic E-state index is 0.110. The van der Waals surface area contributed by atoms with E-state index in [2.05, 4.69) is 4.72 Å². The van der Waals surface area contributed by atoms with Crippen LogP contribution >= 0.6 is 11.3 Å². The zero-order valence-electron chi connectivity index (χ0n) is 11.7. The molecule has 0 saturated carbocycles. The highest BCUT2D eigenvalue weighted by Gasteiger charge is 2.14. The molecule has 0 aliphatic rings. The molecular weight excluding hydrogens is 308 g/mol. The molecule has 1 aromatic carbocycles. The predicted molar refractivity (Wildman–Crippen MR) is 83.9 cm³/mol. The first-order valence-electron chi connectivity index (χ1n) is 6.25. The van der Waals surface area contributed by atoms with E-state index in [0.717, 1.165) is 5.56 Å². The first kappa shape index (κ1) is 15.7. The number of carbonyl (C=O) groups excluding carboxylic acids is 1. The van der Waals surface area contributed by atoms with Crippen LogP contribution in [0.4, 0.5) is 5.69 Å². The molecule has 21 heavy (non-hydrogen) atoms. The van der Waals surface area contributed by atoms with E-state index in [1.807, 2.05) is 16.8 Å². The molecule has 112 valence electrons. The van der Waals surface area contributed by atoms with Crippen molar-refractivity contribution in [2.75, 3.05) is 11.9 Å². The van der Waals surface area contributed by atoms with Crippen LogP contribution in [0.1, 0.15) is 12.5 Å². The highest BCUT2D eigenvalue weighted by molar-refractivity contribution is 7.89. The van der Waals surface area contributed by atoms with Gasteiger partial charge in [0.25, 0.3) is 0 Å². The lowest BCUT2D eigenvalue weighted by atomic mass is 10.3. The smallest absolute Gasteiger partial charge is 0.240 e. The van der Waals surface area contributed by atoms with Crippen LogP contribution in [-0.2, 0) is 21.4 Å². The summed E-state index contributed by atoms with van der Waals surface area (Å²) in [6, 6.07) is 8.08. The number of amides is 1. The number of sulfonamides is 1. The van der Waals surface area contributed by atoms with Gasteiger partial charge in [0.05, 0.1) is 4.90 Å². The third-order valence-electron chi connectivity index (χ3n) is 3.05. The van der Waals surface area contributed by atoms with Crippen molar-refractivity contribution in [2.24, 2.45) is 0 Å². The first-order chi connectivity index (χ1) is 9.90. The lowest BCUT2D eigenvalue weighted by molar-refractivity contribution is -0.116. The summed E-state index contributed by atoms with van der Waals surface area (Å²) in [5.74, 6) is -0.110. The third kappa shape index (κ3) is 3.90. The van der Waals surface area contributed by atoms with E-state index < -0.39 is 10.0 Å². The van der Waals surface area contributed by atoms with E-state index in [-0.39, 0.29) is 17.3 Å². The largest absolute Gasteiger partial charge is 0.316 e. The number of nitrogens with one attached hydrogen (secondary N) is 1. The summed E-state index contributed by atoms with van der Waals surface area (Å²) in [7, 11) is -1.91. The fourth-order valence-corrected chi connectivity index (χ4v) is 3.37. The number of anilines is 1. The molecule has 1 amide bonds. The van der Waals surface area contributed by atoms with Crippen LogP contribution in [0, 0.1) is 0 Å². The van der Waals surface area contributed by atoms with Crippen LogP contribution in [0.5, 0.6) is 0 Å². The van der Waals surface area contributed by atoms with Gasteiger partial charge in [0.1, 0.15) is 0 Å². The second kappa shape index (κ2) is 6.38. The molecule has 2 rings (SSSR count). The normalized spacial score (nSPS) is 11.3. The van der Waals surface area contributed by atoms with Crippen molar-refractivity contribution in [1.82, 2.24) is 4.72 Å². The number of benzene rings is 1. The summed E-state index contributed by atoms with van der Waals surface area (Å²) < 4.78 is 26.9. The number of thiophene rings is 1. The van der Waals surface area contributed by atoms with Crippen molar-refractivity contribution in [1.29, 1.82) is 0 Å². The zero-order chi connectivity index (χ0) is 15.5. The van der Waals surface area contributed by atoms with Crippen molar-refractivity contribution in [3.05, 3.63) is 46.7 Å². The van der Waals surface area contributed by atoms with Gasteiger partial charge in [-0.25, -0.2) is 13.1 Å². The van der Waals surface area contributed by atoms with E-state index in [9.17, 15) is 13.2 Å². The van der Waals surface area contributed by atoms with E-state index in [1.165, 1.54) is 35.3 Å². The molecule has 0 spiro atoms. The van der Waals surface area contributed by atoms with Crippen LogP contribution in [-0.4, -0.2) is 21.4 Å². The molecule has 1 heterocycles. The molecule has 0 fully saturated rings. The molecule has 0 aliphatic heterocycles. The van der Waals surface area contributed by atoms with Crippen molar-refractivity contribution in [3.63, 3.8) is 0 Å². The van der Waals surface area contributed by atoms with E-state index >= 15 is 0 Å². The lowest BCUT2D eigenvalue weighted by Crippen LogP contribution is -2.24. The van der Waals surface area contributed by atoms with Crippen molar-refractivity contribution in [3.8, 4) is 0 Å². The minimum atomic E-state index is -3.55. The van der Waals surface area contributed by atoms with E-state index in [1.54, 1.807) is 19.2 Å². The molecule has 0 saturated heterocycles. The molecule has 5 nitrogen and oxygen atoms in total. The Morgan fingerprint density at radius 3 is 2.43 bits per heavy atom. The van der Waals surface area contributed by atoms with Crippen molar-refractivity contribution in [2.45, 2.75) is 18.4 Å². The maximum atomic E-state index is 12.2. The monoisotopic (exact) mass is 324 g/mol. The molecule has 0 radical (unpaired) electrons. The second-order valence-electron chi connectivity index (χ2n) is 4.53. The molecule has 7 heteroatoms. The van der Waals surface area contributed by atoms with E-state index in [4.69, 9.17) is 0 Å². The Morgan fingerprint density at radius 2 is 1.90 bits per heavy atom. The molecular formula is C14H16N2O3S2. The lowest BCUT2D eigenvalue weighted by Gasteiger charge is -2.15. The highest BCUT2D eigenvalue weighted by atomic mass is 32.2. The summed E-state index contributed by atoms with van der Waals surface area (Å²) in [6.07, 6.45) is 0. The first-order valence-corrected chi connectivity index (χ1v) is 8.68. The summed E-state index contributed by atoms with van der Waals surface area (Å²) >= 11 is 1.52. The maximum absolute atomic E-state index is 12.2. The number of nitrogens with zero attached hydrogens (tertiary/aromatic N) is 1. The summed E-state index contributed by atoms with van der Waals surface area (Å²) in [6.45, 7) is 1.72. The van der Waals surface area contributed by atoms with Gasteiger partial charge >= 0.3 is 0 Å². The fourth-order valence-electron chi connectivity index (χ4n) is 1.69. The van der Waals surface area contributed by atoms with Gasteiger partial charge in [0.15, 0.2) is 0 Å². The van der Waals surface area contributed by atoms with Gasteiger partial charge in [-0.05, 0) is 46.7 Å². The Morgan fingerprint density at radius 1 is 1.24 bits per heavy atom. The molecule has 0 unspecified atom stereocenters. The minimum Gasteiger partial charge on any atom is -0.316 e. The molecule has 2 aromatic rings. The number of hydrogen-bond donors (Lipinski definition) is 1. The van der Waals surface area contributed by atoms with Crippen LogP contribution in [0.15, 0.2) is 46.0 Å². The zero-order valence-corrected chi connectivity index (χ0v) is 13.4. The molecule has 1 aromatic heterocycles. The molecule has 0 bridgehead atoms. The third-order valence-corrected chi connectivity index (χ3v) is 5.20. The number of hydrogen-bond acceptors (Lipinski definition) is 4. The van der Waals surface area contributed by atoms with Gasteiger partial charge in [-0.1, -0.05) is 0 Å². The fraction of sp³-hybridized carbons (Fsp3) is 0.214. The van der Waals surface area contributed by atoms with Crippen LogP contribution in [0.25, 0.3) is 0 Å². The Bertz CT molecular complexity index is 707. The van der Waals surface area contributed by atoms with Crippen LogP contribution in [0.2, 0.25) is 0 Å². The quantitative estimate of drug-likeness (QED) is 0.917. The summed E-state index contributed by atoms with van der Waals surface area (Å²) in [5, 5.41) is 3.80. The van der Waals surface area contributed by atoms with Gasteiger partial charge in [-0.3, -0.25) is 4.79 Å². The highest BCUT2D eigenvalue weighted by Crippen LogP contribution is 2.17. The average Bonchev–Trinajstić information content (AvgIpc) is 2.98. The SMILES string of the molecule is CC(=O)N(C)c1ccc(S(=O)(=O)NCc2ccsc2)cc1. The van der Waals surface area contributed by atoms with Crippen molar-refractivity contribution < 1.29 is 13.2 Å². The standard InChI is InChI=1S/C14H16N2O3S2/c1-11(17)16(2)13-3-5-14(6-4-13)21(18,19)15-9-12-7-8-20-10-12/h3-8,10,15H,9H2,1-2H3. The van der Waals surface area contributed by atoms with Gasteiger partial charge in [0.2, 0.25) is 15.9 Å². The summed E-state index contributed by atoms with van der Waals surface area (Å²) in [4.78, 5) is 12.9.